The number of nitrogens with one attached hydrogen (secondary N) is 2. The second kappa shape index (κ2) is 8.79. The van der Waals surface area contributed by atoms with Gasteiger partial charge in [0.05, 0.1) is 11.4 Å². The van der Waals surface area contributed by atoms with E-state index in [2.05, 4.69) is 31.5 Å². The first kappa shape index (κ1) is 19.1. The summed E-state index contributed by atoms with van der Waals surface area (Å²) in [5.74, 6) is -0.00148. The lowest BCUT2D eigenvalue weighted by atomic mass is 10.0. The smallest absolute Gasteiger partial charge is 0.261 e. The lowest BCUT2D eigenvalue weighted by molar-refractivity contribution is -0.117. The molecule has 0 atom stereocenters. The van der Waals surface area contributed by atoms with Crippen LogP contribution in [0.1, 0.15) is 28.1 Å². The summed E-state index contributed by atoms with van der Waals surface area (Å²) in [6.07, 6.45) is 1.73. The summed E-state index contributed by atoms with van der Waals surface area (Å²) in [4.78, 5) is 27.3. The van der Waals surface area contributed by atoms with Crippen LogP contribution in [0, 0.1) is 6.92 Å². The minimum absolute atomic E-state index is 0.00177. The van der Waals surface area contributed by atoms with Crippen molar-refractivity contribution in [2.45, 2.75) is 25.8 Å². The highest BCUT2D eigenvalue weighted by Crippen LogP contribution is 2.20. The SMILES string of the molecule is Cc1cc(Br)ccc1NC(=O)CN1CCC(NC(=O)c2cccs2)CC1. The van der Waals surface area contributed by atoms with Crippen molar-refractivity contribution in [3.63, 3.8) is 0 Å². The first-order chi connectivity index (χ1) is 12.5. The minimum Gasteiger partial charge on any atom is -0.349 e. The minimum atomic E-state index is -0.00325. The molecule has 1 saturated heterocycles. The Balaban J connectivity index is 1.43. The highest BCUT2D eigenvalue weighted by atomic mass is 79.9. The number of hydrogen-bond donors (Lipinski definition) is 2. The first-order valence-electron chi connectivity index (χ1n) is 8.64. The predicted octanol–water partition coefficient (Wildman–Crippen LogP) is 3.65. The number of rotatable bonds is 5. The maximum Gasteiger partial charge on any atom is 0.261 e. The van der Waals surface area contributed by atoms with Gasteiger partial charge in [0.15, 0.2) is 0 Å². The molecule has 0 bridgehead atoms. The van der Waals surface area contributed by atoms with Crippen LogP contribution >= 0.6 is 27.3 Å². The van der Waals surface area contributed by atoms with Gasteiger partial charge in [0.1, 0.15) is 0 Å². The van der Waals surface area contributed by atoms with Gasteiger partial charge in [0.2, 0.25) is 5.91 Å². The third kappa shape index (κ3) is 5.16. The highest BCUT2D eigenvalue weighted by molar-refractivity contribution is 9.10. The summed E-state index contributed by atoms with van der Waals surface area (Å²) >= 11 is 4.88. The Labute approximate surface area is 165 Å². The number of aryl methyl sites for hydroxylation is 1. The Hall–Kier alpha value is -1.70. The van der Waals surface area contributed by atoms with Crippen molar-refractivity contribution >= 4 is 44.8 Å². The molecule has 26 heavy (non-hydrogen) atoms. The van der Waals surface area contributed by atoms with Crippen LogP contribution in [0.5, 0.6) is 0 Å². The number of carbonyl (C=O) groups excluding carboxylic acids is 2. The Morgan fingerprint density at radius 3 is 2.69 bits per heavy atom. The van der Waals surface area contributed by atoms with Crippen LogP contribution in [-0.2, 0) is 4.79 Å². The van der Waals surface area contributed by atoms with Crippen molar-refractivity contribution in [1.29, 1.82) is 0 Å². The van der Waals surface area contributed by atoms with Crippen molar-refractivity contribution in [1.82, 2.24) is 10.2 Å². The molecule has 5 nitrogen and oxygen atoms in total. The zero-order valence-electron chi connectivity index (χ0n) is 14.6. The van der Waals surface area contributed by atoms with Crippen LogP contribution in [0.25, 0.3) is 0 Å². The predicted molar refractivity (Wildman–Crippen MR) is 109 cm³/mol. The molecule has 2 aromatic rings. The number of thiophene rings is 1. The lowest BCUT2D eigenvalue weighted by Gasteiger charge is -2.31. The average Bonchev–Trinajstić information content (AvgIpc) is 3.14. The van der Waals surface area contributed by atoms with E-state index in [-0.39, 0.29) is 17.9 Å². The van der Waals surface area contributed by atoms with Gasteiger partial charge in [-0.05, 0) is 55.0 Å². The number of amides is 2. The molecule has 2 N–H and O–H groups in total. The van der Waals surface area contributed by atoms with Gasteiger partial charge in [-0.25, -0.2) is 0 Å². The Morgan fingerprint density at radius 2 is 2.04 bits per heavy atom. The summed E-state index contributed by atoms with van der Waals surface area (Å²) in [7, 11) is 0. The molecule has 0 spiro atoms. The Kier molecular flexibility index (Phi) is 6.45. The molecule has 0 aliphatic carbocycles. The molecule has 0 unspecified atom stereocenters. The van der Waals surface area contributed by atoms with Crippen LogP contribution in [0.15, 0.2) is 40.2 Å². The number of halogens is 1. The monoisotopic (exact) mass is 435 g/mol. The number of likely N-dealkylation sites (tertiary alicyclic amines) is 1. The van der Waals surface area contributed by atoms with Crippen molar-refractivity contribution in [2.24, 2.45) is 0 Å². The molecule has 3 rings (SSSR count). The number of hydrogen-bond acceptors (Lipinski definition) is 4. The molecule has 0 saturated carbocycles. The molecular weight excluding hydrogens is 414 g/mol. The third-order valence-corrected chi connectivity index (χ3v) is 5.86. The molecule has 1 fully saturated rings. The number of piperidine rings is 1. The standard InChI is InChI=1S/C19H22BrN3O2S/c1-13-11-14(20)4-5-16(13)22-18(24)12-23-8-6-15(7-9-23)21-19(25)17-3-2-10-26-17/h2-5,10-11,15H,6-9,12H2,1H3,(H,21,25)(H,22,24). The maximum absolute atomic E-state index is 12.3. The van der Waals surface area contributed by atoms with Crippen LogP contribution in [0.4, 0.5) is 5.69 Å². The summed E-state index contributed by atoms with van der Waals surface area (Å²) in [6, 6.07) is 9.71. The van der Waals surface area contributed by atoms with Crippen molar-refractivity contribution < 1.29 is 9.59 Å². The third-order valence-electron chi connectivity index (χ3n) is 4.50. The quantitative estimate of drug-likeness (QED) is 0.752. The molecular formula is C19H22BrN3O2S. The molecule has 1 aliphatic heterocycles. The van der Waals surface area contributed by atoms with Gasteiger partial charge in [0.25, 0.3) is 5.91 Å². The number of anilines is 1. The molecule has 0 radical (unpaired) electrons. The fourth-order valence-electron chi connectivity index (χ4n) is 3.06. The fourth-order valence-corrected chi connectivity index (χ4v) is 4.16. The van der Waals surface area contributed by atoms with Gasteiger partial charge in [-0.1, -0.05) is 22.0 Å². The van der Waals surface area contributed by atoms with Gasteiger partial charge >= 0.3 is 0 Å². The molecule has 138 valence electrons. The molecule has 1 aromatic carbocycles. The molecule has 2 amide bonds. The summed E-state index contributed by atoms with van der Waals surface area (Å²) in [5, 5.41) is 7.97. The summed E-state index contributed by atoms with van der Waals surface area (Å²) in [5.41, 5.74) is 1.87. The van der Waals surface area contributed by atoms with E-state index in [4.69, 9.17) is 0 Å². The van der Waals surface area contributed by atoms with Gasteiger partial charge < -0.3 is 10.6 Å². The van der Waals surface area contributed by atoms with Crippen molar-refractivity contribution in [2.75, 3.05) is 25.0 Å². The van der Waals surface area contributed by atoms with Gasteiger partial charge in [-0.2, -0.15) is 0 Å². The van der Waals surface area contributed by atoms with E-state index in [9.17, 15) is 9.59 Å². The lowest BCUT2D eigenvalue weighted by Crippen LogP contribution is -2.46. The van der Waals surface area contributed by atoms with Crippen molar-refractivity contribution in [3.05, 3.63) is 50.6 Å². The molecule has 2 heterocycles. The van der Waals surface area contributed by atoms with Crippen molar-refractivity contribution in [3.8, 4) is 0 Å². The topological polar surface area (TPSA) is 61.4 Å². The van der Waals surface area contributed by atoms with Gasteiger partial charge in [-0.3, -0.25) is 14.5 Å². The molecule has 1 aromatic heterocycles. The van der Waals surface area contributed by atoms with E-state index < -0.39 is 0 Å². The fraction of sp³-hybridized carbons (Fsp3) is 0.368. The van der Waals surface area contributed by atoms with Crippen LogP contribution in [-0.4, -0.2) is 42.4 Å². The summed E-state index contributed by atoms with van der Waals surface area (Å²) in [6.45, 7) is 3.97. The average molecular weight is 436 g/mol. The van der Waals surface area contributed by atoms with E-state index in [0.717, 1.165) is 46.5 Å². The molecule has 7 heteroatoms. The Morgan fingerprint density at radius 1 is 1.27 bits per heavy atom. The summed E-state index contributed by atoms with van der Waals surface area (Å²) < 4.78 is 1.000. The zero-order valence-corrected chi connectivity index (χ0v) is 17.0. The second-order valence-corrected chi connectivity index (χ2v) is 8.37. The Bertz CT molecular complexity index is 771. The molecule has 1 aliphatic rings. The van der Waals surface area contributed by atoms with Crippen LogP contribution < -0.4 is 10.6 Å². The second-order valence-electron chi connectivity index (χ2n) is 6.51. The zero-order chi connectivity index (χ0) is 18.5. The van der Waals surface area contributed by atoms with E-state index in [0.29, 0.717) is 6.54 Å². The van der Waals surface area contributed by atoms with E-state index in [1.807, 2.05) is 42.6 Å². The highest BCUT2D eigenvalue weighted by Gasteiger charge is 2.22. The van der Waals surface area contributed by atoms with Crippen LogP contribution in [0.2, 0.25) is 0 Å². The number of carbonyl (C=O) groups is 2. The van der Waals surface area contributed by atoms with Gasteiger partial charge in [-0.15, -0.1) is 11.3 Å². The van der Waals surface area contributed by atoms with E-state index in [1.54, 1.807) is 0 Å². The maximum atomic E-state index is 12.3. The number of nitrogens with zero attached hydrogens (tertiary/aromatic N) is 1. The number of benzene rings is 1. The van der Waals surface area contributed by atoms with E-state index in [1.165, 1.54) is 11.3 Å². The first-order valence-corrected chi connectivity index (χ1v) is 10.3. The normalized spacial score (nSPS) is 15.6. The van der Waals surface area contributed by atoms with Crippen LogP contribution in [0.3, 0.4) is 0 Å². The van der Waals surface area contributed by atoms with Gasteiger partial charge in [0, 0.05) is 29.3 Å². The largest absolute Gasteiger partial charge is 0.349 e. The van der Waals surface area contributed by atoms with E-state index >= 15 is 0 Å².